The first-order valence-electron chi connectivity index (χ1n) is 13.3. The third-order valence-electron chi connectivity index (χ3n) is 6.20. The van der Waals surface area contributed by atoms with E-state index in [9.17, 15) is 124 Å². The van der Waals surface area contributed by atoms with Crippen LogP contribution < -0.4 is 0 Å². The fourth-order valence-corrected chi connectivity index (χ4v) is 3.58. The van der Waals surface area contributed by atoms with Crippen LogP contribution in [-0.4, -0.2) is 96.7 Å². The van der Waals surface area contributed by atoms with Crippen LogP contribution in [-0.2, 0) is 19.1 Å². The van der Waals surface area contributed by atoms with Gasteiger partial charge in [0.1, 0.15) is 0 Å². The summed E-state index contributed by atoms with van der Waals surface area (Å²) in [6.07, 6.45) is -33.8. The van der Waals surface area contributed by atoms with Gasteiger partial charge in [-0.3, -0.25) is 0 Å². The molecule has 0 heterocycles. The Kier molecular flexibility index (Phi) is 14.9. The number of hydrogen-bond donors (Lipinski definition) is 0. The third-order valence-corrected chi connectivity index (χ3v) is 6.20. The second-order valence-electron chi connectivity index (χ2n) is 11.0. The molecule has 0 N–H and O–H groups in total. The van der Waals surface area contributed by atoms with E-state index in [0.29, 0.717) is 0 Å². The monoisotopic (exact) mass is 864 g/mol. The van der Waals surface area contributed by atoms with E-state index in [2.05, 4.69) is 9.47 Å². The lowest BCUT2D eigenvalue weighted by Gasteiger charge is -2.35. The number of rotatable bonds is 20. The van der Waals surface area contributed by atoms with Crippen LogP contribution in [0.4, 0.5) is 114 Å². The smallest absolute Gasteiger partial charge is 0.460 e. The van der Waals surface area contributed by atoms with Gasteiger partial charge in [0.25, 0.3) is 23.7 Å². The highest BCUT2D eigenvalue weighted by Gasteiger charge is 2.83. The highest BCUT2D eigenvalue weighted by Crippen LogP contribution is 2.57. The van der Waals surface area contributed by atoms with E-state index in [0.717, 1.165) is 0 Å². The van der Waals surface area contributed by atoms with E-state index in [4.69, 9.17) is 0 Å². The summed E-state index contributed by atoms with van der Waals surface area (Å²) in [5, 5.41) is 0. The van der Waals surface area contributed by atoms with Crippen molar-refractivity contribution in [3.8, 4) is 0 Å². The average molecular weight is 864 g/mol. The summed E-state index contributed by atoms with van der Waals surface area (Å²) < 4.78 is 348. The lowest BCUT2D eigenvalue weighted by Crippen LogP contribution is -2.62. The van der Waals surface area contributed by atoms with Crippen LogP contribution in [0.5, 0.6) is 0 Å². The van der Waals surface area contributed by atoms with Crippen molar-refractivity contribution in [1.82, 2.24) is 0 Å². The first-order chi connectivity index (χ1) is 23.3. The summed E-state index contributed by atoms with van der Waals surface area (Å²) in [6.45, 7) is -3.47. The lowest BCUT2D eigenvalue weighted by molar-refractivity contribution is -0.401. The Balaban J connectivity index is 5.13. The largest absolute Gasteiger partial charge is 0.462 e. The van der Waals surface area contributed by atoms with Gasteiger partial charge in [0.15, 0.2) is 0 Å². The summed E-state index contributed by atoms with van der Waals surface area (Å²) in [5.74, 6) is -69.8. The molecule has 0 saturated carbocycles. The molecule has 0 aliphatic heterocycles. The van der Waals surface area contributed by atoms with Gasteiger partial charge in [-0.15, -0.1) is 0 Å². The zero-order chi connectivity index (χ0) is 43.6. The minimum absolute atomic E-state index is 0.135. The molecule has 0 atom stereocenters. The van der Waals surface area contributed by atoms with Crippen molar-refractivity contribution in [2.24, 2.45) is 0 Å². The number of hydrogen-bond acceptors (Lipinski definition) is 4. The van der Waals surface area contributed by atoms with Crippen molar-refractivity contribution in [2.45, 2.75) is 110 Å². The van der Waals surface area contributed by atoms with Crippen LogP contribution in [0.15, 0.2) is 12.2 Å². The Labute approximate surface area is 281 Å². The molecule has 0 amide bonds. The number of halogens is 26. The summed E-state index contributed by atoms with van der Waals surface area (Å²) in [7, 11) is 0. The molecule has 0 spiro atoms. The summed E-state index contributed by atoms with van der Waals surface area (Å²) in [4.78, 5) is 22.8. The zero-order valence-electron chi connectivity index (χ0n) is 25.3. The van der Waals surface area contributed by atoms with Crippen molar-refractivity contribution in [3.63, 3.8) is 0 Å². The van der Waals surface area contributed by atoms with Crippen LogP contribution in [0.25, 0.3) is 0 Å². The fraction of sp³-hybridized carbons (Fsp3) is 0.833. The molecule has 0 aromatic heterocycles. The molecule has 0 aromatic carbocycles. The molecule has 0 rings (SSSR count). The van der Waals surface area contributed by atoms with E-state index in [1.165, 1.54) is 0 Å². The Morgan fingerprint density at radius 3 is 0.815 bits per heavy atom. The molecular weight excluding hydrogens is 846 g/mol. The zero-order valence-corrected chi connectivity index (χ0v) is 25.3. The van der Waals surface area contributed by atoms with E-state index in [1.807, 2.05) is 0 Å². The molecule has 0 fully saturated rings. The Morgan fingerprint density at radius 2 is 0.593 bits per heavy atom. The van der Waals surface area contributed by atoms with E-state index < -0.39 is 135 Å². The van der Waals surface area contributed by atoms with Crippen LogP contribution in [0.2, 0.25) is 0 Å². The minimum atomic E-state index is -7.62. The molecule has 0 aliphatic carbocycles. The standard InChI is InChI=1S/C24H18F26O4/c25-13(26,7-15(29,30)9-17(33,34)19(37,38)21(41,42)23(45,46)47)3-5-53-11(51)1-2-12(52)54-6-4-14(27,28)8-16(31,32)10-18(35,36)20(39,40)22(43,44)24(48,49)50/h1-2H,3-10H2/b2-1-. The first kappa shape index (κ1) is 50.9. The maximum absolute atomic E-state index is 13.8. The van der Waals surface area contributed by atoms with Crippen LogP contribution in [0, 0.1) is 0 Å². The first-order valence-corrected chi connectivity index (χ1v) is 13.3. The van der Waals surface area contributed by atoms with Gasteiger partial charge in [-0.1, -0.05) is 0 Å². The molecule has 0 aliphatic rings. The highest BCUT2D eigenvalue weighted by molar-refractivity contribution is 5.91. The van der Waals surface area contributed by atoms with E-state index in [-0.39, 0.29) is 12.2 Å². The maximum atomic E-state index is 13.8. The van der Waals surface area contributed by atoms with Crippen LogP contribution in [0.3, 0.4) is 0 Å². The molecule has 0 aromatic rings. The normalized spacial score (nSPS) is 15.5. The molecule has 0 radical (unpaired) electrons. The number of carbonyl (C=O) groups excluding carboxylic acids is 2. The topological polar surface area (TPSA) is 52.6 Å². The Morgan fingerprint density at radius 1 is 0.352 bits per heavy atom. The predicted octanol–water partition coefficient (Wildman–Crippen LogP) is 10.4. The van der Waals surface area contributed by atoms with Gasteiger partial charge < -0.3 is 9.47 Å². The number of carbonyl (C=O) groups is 2. The summed E-state index contributed by atoms with van der Waals surface area (Å²) >= 11 is 0. The SMILES string of the molecule is O=C(/C=C\C(=O)OCCC(F)(F)CC(F)(F)CC(F)(F)C(F)(F)C(F)(F)C(F)(F)F)OCCC(F)(F)CC(F)(F)CC(F)(F)C(F)(F)C(F)(F)C(F)(F)F. The van der Waals surface area contributed by atoms with Crippen molar-refractivity contribution >= 4 is 11.9 Å². The Bertz CT molecular complexity index is 1210. The van der Waals surface area contributed by atoms with Gasteiger partial charge in [0, 0.05) is 25.0 Å². The van der Waals surface area contributed by atoms with Crippen molar-refractivity contribution in [1.29, 1.82) is 0 Å². The lowest BCUT2D eigenvalue weighted by atomic mass is 9.94. The van der Waals surface area contributed by atoms with Crippen molar-refractivity contribution < 1.29 is 133 Å². The second kappa shape index (κ2) is 15.8. The third kappa shape index (κ3) is 12.7. The molecule has 0 saturated heterocycles. The van der Waals surface area contributed by atoms with Crippen LogP contribution in [0.1, 0.15) is 38.5 Å². The highest BCUT2D eigenvalue weighted by atomic mass is 19.4. The van der Waals surface area contributed by atoms with Gasteiger partial charge >= 0.3 is 59.8 Å². The molecule has 30 heteroatoms. The van der Waals surface area contributed by atoms with Crippen LogP contribution >= 0.6 is 0 Å². The fourth-order valence-electron chi connectivity index (χ4n) is 3.58. The second-order valence-corrected chi connectivity index (χ2v) is 11.0. The predicted molar refractivity (Wildman–Crippen MR) is 120 cm³/mol. The van der Waals surface area contributed by atoms with Crippen molar-refractivity contribution in [2.75, 3.05) is 13.2 Å². The molecule has 0 bridgehead atoms. The number of esters is 2. The molecule has 4 nitrogen and oxygen atoms in total. The molecule has 0 unspecified atom stereocenters. The number of ether oxygens (including phenoxy) is 2. The molecule has 320 valence electrons. The summed E-state index contributed by atoms with van der Waals surface area (Å²) in [6, 6.07) is 0. The van der Waals surface area contributed by atoms with Gasteiger partial charge in [-0.2, -0.15) is 79.0 Å². The quantitative estimate of drug-likeness (QED) is 0.0695. The maximum Gasteiger partial charge on any atom is 0.460 e. The molecular formula is C24H18F26O4. The minimum Gasteiger partial charge on any atom is -0.462 e. The van der Waals surface area contributed by atoms with E-state index >= 15 is 0 Å². The van der Waals surface area contributed by atoms with E-state index in [1.54, 1.807) is 0 Å². The van der Waals surface area contributed by atoms with Gasteiger partial charge in [0.05, 0.1) is 38.9 Å². The molecule has 54 heavy (non-hydrogen) atoms. The Hall–Kier alpha value is -3.14. The number of alkyl halides is 26. The summed E-state index contributed by atoms with van der Waals surface area (Å²) in [5.41, 5.74) is 0. The van der Waals surface area contributed by atoms with Gasteiger partial charge in [-0.05, 0) is 0 Å². The van der Waals surface area contributed by atoms with Gasteiger partial charge in [-0.25, -0.2) is 44.7 Å². The van der Waals surface area contributed by atoms with Gasteiger partial charge in [0.2, 0.25) is 0 Å². The average Bonchev–Trinajstić information content (AvgIpc) is 2.87. The van der Waals surface area contributed by atoms with Crippen molar-refractivity contribution in [3.05, 3.63) is 12.2 Å².